The number of amides is 2. The van der Waals surface area contributed by atoms with Gasteiger partial charge in [0.25, 0.3) is 11.8 Å². The molecule has 4 rings (SSSR count). The number of ether oxygens (including phenoxy) is 2. The number of nitrogens with one attached hydrogen (secondary N) is 2. The third-order valence-electron chi connectivity index (χ3n) is 4.13. The van der Waals surface area contributed by atoms with Crippen LogP contribution in [0.25, 0.3) is 0 Å². The molecule has 2 heterocycles. The molecule has 0 saturated heterocycles. The van der Waals surface area contributed by atoms with Gasteiger partial charge in [-0.05, 0) is 57.2 Å². The second-order valence-corrected chi connectivity index (χ2v) is 7.74. The Morgan fingerprint density at radius 1 is 1.04 bits per heavy atom. The number of hydrogen-bond donors (Lipinski definition) is 2. The van der Waals surface area contributed by atoms with E-state index >= 15 is 0 Å². The number of halogens is 1. The van der Waals surface area contributed by atoms with Crippen LogP contribution in [0.1, 0.15) is 25.6 Å². The lowest BCUT2D eigenvalue weighted by Crippen LogP contribution is -2.24. The Kier molecular flexibility index (Phi) is 5.31. The lowest BCUT2D eigenvalue weighted by atomic mass is 10.1. The highest BCUT2D eigenvalue weighted by Crippen LogP contribution is 2.32. The summed E-state index contributed by atoms with van der Waals surface area (Å²) in [5.74, 6) is 0.820. The molecular formula is C20H15BrN2O4S. The molecule has 8 heteroatoms. The minimum atomic E-state index is -0.279. The Balaban J connectivity index is 1.46. The van der Waals surface area contributed by atoms with Crippen LogP contribution < -0.4 is 20.1 Å². The minimum Gasteiger partial charge on any atom is -0.454 e. The summed E-state index contributed by atoms with van der Waals surface area (Å²) < 4.78 is 11.4. The molecule has 2 N–H and O–H groups in total. The van der Waals surface area contributed by atoms with E-state index in [1.807, 2.05) is 29.6 Å². The van der Waals surface area contributed by atoms with Crippen LogP contribution in [0, 0.1) is 0 Å². The summed E-state index contributed by atoms with van der Waals surface area (Å²) in [7, 11) is 0. The highest BCUT2D eigenvalue weighted by Gasteiger charge is 2.17. The predicted octanol–water partition coefficient (Wildman–Crippen LogP) is 4.42. The first-order valence-corrected chi connectivity index (χ1v) is 10.1. The van der Waals surface area contributed by atoms with E-state index in [4.69, 9.17) is 9.47 Å². The van der Waals surface area contributed by atoms with Gasteiger partial charge in [0, 0.05) is 11.0 Å². The number of rotatable bonds is 5. The number of para-hydroxylation sites is 1. The van der Waals surface area contributed by atoms with E-state index in [1.54, 1.807) is 24.3 Å². The minimum absolute atomic E-state index is 0.207. The van der Waals surface area contributed by atoms with Crippen LogP contribution in [-0.4, -0.2) is 18.6 Å². The standard InChI is InChI=1S/C20H15BrN2O4S/c21-14-7-8-28-18(14)20(25)23-15-4-2-1-3-13(15)19(24)22-10-12-5-6-16-17(9-12)27-11-26-16/h1-9H,10-11H2,(H,22,24)(H,23,25). The van der Waals surface area contributed by atoms with Crippen molar-refractivity contribution in [2.75, 3.05) is 12.1 Å². The summed E-state index contributed by atoms with van der Waals surface area (Å²) in [6.07, 6.45) is 0. The molecule has 3 aromatic rings. The SMILES string of the molecule is O=C(NCc1ccc2c(c1)OCO2)c1ccccc1NC(=O)c1sccc1Br. The number of thiophene rings is 1. The molecule has 0 aliphatic carbocycles. The van der Waals surface area contributed by atoms with Gasteiger partial charge in [-0.2, -0.15) is 0 Å². The molecule has 2 amide bonds. The number of carbonyl (C=O) groups is 2. The highest BCUT2D eigenvalue weighted by atomic mass is 79.9. The Hall–Kier alpha value is -2.84. The first-order chi connectivity index (χ1) is 13.6. The summed E-state index contributed by atoms with van der Waals surface area (Å²) in [5, 5.41) is 7.51. The quantitative estimate of drug-likeness (QED) is 0.592. The third-order valence-corrected chi connectivity index (χ3v) is 5.97. The molecule has 1 aliphatic heterocycles. The highest BCUT2D eigenvalue weighted by molar-refractivity contribution is 9.10. The fourth-order valence-electron chi connectivity index (χ4n) is 2.75. The third kappa shape index (κ3) is 3.88. The van der Waals surface area contributed by atoms with Crippen molar-refractivity contribution in [3.05, 3.63) is 74.4 Å². The normalized spacial score (nSPS) is 11.9. The van der Waals surface area contributed by atoms with Gasteiger partial charge in [0.1, 0.15) is 4.88 Å². The lowest BCUT2D eigenvalue weighted by Gasteiger charge is -2.11. The Labute approximate surface area is 173 Å². The van der Waals surface area contributed by atoms with E-state index in [0.717, 1.165) is 10.0 Å². The molecule has 1 aromatic heterocycles. The Bertz CT molecular complexity index is 1050. The number of benzene rings is 2. The average Bonchev–Trinajstić information content (AvgIpc) is 3.34. The van der Waals surface area contributed by atoms with Crippen molar-refractivity contribution in [3.63, 3.8) is 0 Å². The molecule has 1 aliphatic rings. The molecule has 0 spiro atoms. The van der Waals surface area contributed by atoms with Gasteiger partial charge in [0.15, 0.2) is 11.5 Å². The maximum atomic E-state index is 12.7. The molecular weight excluding hydrogens is 444 g/mol. The van der Waals surface area contributed by atoms with E-state index in [9.17, 15) is 9.59 Å². The number of anilines is 1. The molecule has 28 heavy (non-hydrogen) atoms. The zero-order valence-corrected chi connectivity index (χ0v) is 16.9. The van der Waals surface area contributed by atoms with Crippen LogP contribution in [-0.2, 0) is 6.54 Å². The molecule has 6 nitrogen and oxygen atoms in total. The molecule has 0 bridgehead atoms. The summed E-state index contributed by atoms with van der Waals surface area (Å²) >= 11 is 4.68. The number of fused-ring (bicyclic) bond motifs is 1. The van der Waals surface area contributed by atoms with Gasteiger partial charge in [-0.1, -0.05) is 18.2 Å². The maximum absolute atomic E-state index is 12.7. The van der Waals surface area contributed by atoms with Crippen LogP contribution >= 0.6 is 27.3 Å². The second kappa shape index (κ2) is 8.04. The van der Waals surface area contributed by atoms with E-state index in [-0.39, 0.29) is 18.6 Å². The van der Waals surface area contributed by atoms with Crippen LogP contribution in [0.2, 0.25) is 0 Å². The Morgan fingerprint density at radius 3 is 2.68 bits per heavy atom. The number of carbonyl (C=O) groups excluding carboxylic acids is 2. The van der Waals surface area contributed by atoms with Gasteiger partial charge in [0.05, 0.1) is 11.3 Å². The first kappa shape index (κ1) is 18.5. The number of hydrogen-bond acceptors (Lipinski definition) is 5. The van der Waals surface area contributed by atoms with Gasteiger partial charge in [-0.25, -0.2) is 0 Å². The monoisotopic (exact) mass is 458 g/mol. The van der Waals surface area contributed by atoms with Crippen molar-refractivity contribution < 1.29 is 19.1 Å². The van der Waals surface area contributed by atoms with Crippen LogP contribution in [0.3, 0.4) is 0 Å². The molecule has 142 valence electrons. The zero-order valence-electron chi connectivity index (χ0n) is 14.5. The molecule has 0 saturated carbocycles. The molecule has 0 radical (unpaired) electrons. The van der Waals surface area contributed by atoms with Gasteiger partial charge in [-0.3, -0.25) is 9.59 Å². The summed E-state index contributed by atoms with van der Waals surface area (Å²) in [6.45, 7) is 0.535. The molecule has 0 fully saturated rings. The molecule has 0 unspecified atom stereocenters. The van der Waals surface area contributed by atoms with Crippen molar-refractivity contribution >= 4 is 44.8 Å². The molecule has 0 atom stereocenters. The van der Waals surface area contributed by atoms with Crippen molar-refractivity contribution in [3.8, 4) is 11.5 Å². The lowest BCUT2D eigenvalue weighted by molar-refractivity contribution is 0.0951. The molecule has 2 aromatic carbocycles. The van der Waals surface area contributed by atoms with Gasteiger partial charge in [-0.15, -0.1) is 11.3 Å². The topological polar surface area (TPSA) is 76.7 Å². The zero-order chi connectivity index (χ0) is 19.5. The summed E-state index contributed by atoms with van der Waals surface area (Å²) in [5.41, 5.74) is 1.74. The van der Waals surface area contributed by atoms with Crippen molar-refractivity contribution in [2.24, 2.45) is 0 Å². The van der Waals surface area contributed by atoms with E-state index in [1.165, 1.54) is 11.3 Å². The van der Waals surface area contributed by atoms with Crippen molar-refractivity contribution in [1.82, 2.24) is 5.32 Å². The van der Waals surface area contributed by atoms with E-state index in [2.05, 4.69) is 26.6 Å². The van der Waals surface area contributed by atoms with Crippen molar-refractivity contribution in [2.45, 2.75) is 6.54 Å². The summed E-state index contributed by atoms with van der Waals surface area (Å²) in [4.78, 5) is 25.7. The maximum Gasteiger partial charge on any atom is 0.266 e. The first-order valence-electron chi connectivity index (χ1n) is 8.42. The van der Waals surface area contributed by atoms with Crippen molar-refractivity contribution in [1.29, 1.82) is 0 Å². The second-order valence-electron chi connectivity index (χ2n) is 5.97. The van der Waals surface area contributed by atoms with Crippen LogP contribution in [0.5, 0.6) is 11.5 Å². The fraction of sp³-hybridized carbons (Fsp3) is 0.100. The smallest absolute Gasteiger partial charge is 0.266 e. The van der Waals surface area contributed by atoms with Gasteiger partial charge >= 0.3 is 0 Å². The van der Waals surface area contributed by atoms with E-state index in [0.29, 0.717) is 34.2 Å². The van der Waals surface area contributed by atoms with Crippen LogP contribution in [0.15, 0.2) is 58.4 Å². The average molecular weight is 459 g/mol. The largest absolute Gasteiger partial charge is 0.454 e. The fourth-order valence-corrected chi connectivity index (χ4v) is 4.20. The van der Waals surface area contributed by atoms with E-state index < -0.39 is 0 Å². The van der Waals surface area contributed by atoms with Gasteiger partial charge < -0.3 is 20.1 Å². The Morgan fingerprint density at radius 2 is 1.86 bits per heavy atom. The summed E-state index contributed by atoms with van der Waals surface area (Å²) in [6, 6.07) is 14.2. The van der Waals surface area contributed by atoms with Crippen LogP contribution in [0.4, 0.5) is 5.69 Å². The van der Waals surface area contributed by atoms with Gasteiger partial charge in [0.2, 0.25) is 6.79 Å². The predicted molar refractivity (Wildman–Crippen MR) is 110 cm³/mol.